The minimum Gasteiger partial charge on any atom is -0.508 e. The summed E-state index contributed by atoms with van der Waals surface area (Å²) in [4.78, 5) is 147. The molecule has 0 aliphatic heterocycles. The first-order valence-corrected chi connectivity index (χ1v) is 33.3. The molecule has 0 saturated carbocycles. The number of hydrogen-bond acceptors (Lipinski definition) is 29. The van der Waals surface area contributed by atoms with Gasteiger partial charge in [0.15, 0.2) is 75.0 Å². The van der Waals surface area contributed by atoms with Gasteiger partial charge >= 0.3 is 0 Å². The van der Waals surface area contributed by atoms with Crippen molar-refractivity contribution in [2.45, 2.75) is 6.92 Å². The molecular formula is C85H52N2O27. The number of nitrogen functional groups attached to an aromatic ring is 2. The van der Waals surface area contributed by atoms with Crippen molar-refractivity contribution in [2.24, 2.45) is 0 Å². The summed E-state index contributed by atoms with van der Waals surface area (Å²) < 4.78 is 0. The number of phenols is 15. The van der Waals surface area contributed by atoms with Crippen molar-refractivity contribution in [1.29, 1.82) is 0 Å². The second kappa shape index (κ2) is 28.4. The third-order valence-electron chi connectivity index (χ3n) is 19.0. The minimum absolute atomic E-state index is 0.000556. The lowest BCUT2D eigenvalue weighted by Crippen LogP contribution is -2.24. The maximum atomic E-state index is 12.5. The van der Waals surface area contributed by atoms with Crippen LogP contribution in [-0.4, -0.2) is 146 Å². The van der Waals surface area contributed by atoms with Crippen LogP contribution in [0.5, 0.6) is 86.2 Å². The van der Waals surface area contributed by atoms with E-state index in [0.717, 1.165) is 30.3 Å². The Bertz CT molecular complexity index is 6090. The van der Waals surface area contributed by atoms with Gasteiger partial charge in [0.05, 0.1) is 77.9 Å². The summed E-state index contributed by atoms with van der Waals surface area (Å²) in [5.74, 6) is -12.5. The van der Waals surface area contributed by atoms with Crippen LogP contribution in [0, 0.1) is 6.92 Å². The number of hydrogen-bond donors (Lipinski definition) is 17. The number of ketones is 12. The van der Waals surface area contributed by atoms with E-state index in [0.29, 0.717) is 11.1 Å². The van der Waals surface area contributed by atoms with Crippen LogP contribution in [0.3, 0.4) is 0 Å². The first kappa shape index (κ1) is 75.5. The summed E-state index contributed by atoms with van der Waals surface area (Å²) in [6, 6.07) is 40.9. The predicted octanol–water partition coefficient (Wildman–Crippen LogP) is 9.83. The zero-order chi connectivity index (χ0) is 82.4. The van der Waals surface area contributed by atoms with Gasteiger partial charge < -0.3 is 88.1 Å². The molecule has 12 aromatic rings. The topological polar surface area (TPSA) is 560 Å². The molecule has 0 heterocycles. The van der Waals surface area contributed by atoms with Crippen LogP contribution in [0.1, 0.15) is 197 Å². The Hall–Kier alpha value is -16.7. The Balaban J connectivity index is 0.000000119. The molecule has 0 amide bonds. The minimum atomic E-state index is -0.837. The highest BCUT2D eigenvalue weighted by atomic mass is 16.3. The van der Waals surface area contributed by atoms with Crippen molar-refractivity contribution < 1.29 is 134 Å². The number of carbonyl (C=O) groups is 12. The Morgan fingerprint density at radius 2 is 0.430 bits per heavy atom. The van der Waals surface area contributed by atoms with Crippen molar-refractivity contribution >= 4 is 80.8 Å². The number of benzene rings is 12. The third-order valence-corrected chi connectivity index (χ3v) is 19.0. The molecule has 18 rings (SSSR count). The Kier molecular flexibility index (Phi) is 18.8. The quantitative estimate of drug-likeness (QED) is 0.0381. The molecule has 29 nitrogen and oxygen atoms in total. The Morgan fingerprint density at radius 1 is 0.184 bits per heavy atom. The van der Waals surface area contributed by atoms with Gasteiger partial charge in [-0.15, -0.1) is 0 Å². The summed E-state index contributed by atoms with van der Waals surface area (Å²) in [5, 5.41) is 145. The van der Waals surface area contributed by atoms with Crippen molar-refractivity contribution in [2.75, 3.05) is 11.5 Å². The second-order valence-electron chi connectivity index (χ2n) is 25.8. The number of anilines is 2. The molecular weight excluding hydrogens is 1480 g/mol. The molecule has 114 heavy (non-hydrogen) atoms. The molecule has 0 bridgehead atoms. The zero-order valence-electron chi connectivity index (χ0n) is 58.1. The molecule has 0 unspecified atom stereocenters. The molecule has 0 aromatic heterocycles. The smallest absolute Gasteiger partial charge is 0.202 e. The number of fused-ring (bicyclic) bond motifs is 12. The average Bonchev–Trinajstić information content (AvgIpc) is 0.658. The van der Waals surface area contributed by atoms with E-state index < -0.39 is 104 Å². The molecule has 19 N–H and O–H groups in total. The van der Waals surface area contributed by atoms with E-state index in [2.05, 4.69) is 0 Å². The number of aromatic hydroxyl groups is 15. The maximum Gasteiger partial charge on any atom is 0.202 e. The third kappa shape index (κ3) is 12.2. The lowest BCUT2D eigenvalue weighted by molar-refractivity contribution is 0.0971. The lowest BCUT2D eigenvalue weighted by atomic mass is 9.81. The van der Waals surface area contributed by atoms with Crippen LogP contribution >= 0.6 is 0 Å². The van der Waals surface area contributed by atoms with Crippen LogP contribution in [0.15, 0.2) is 182 Å². The molecule has 0 saturated heterocycles. The van der Waals surface area contributed by atoms with Crippen LogP contribution in [0.2, 0.25) is 0 Å². The largest absolute Gasteiger partial charge is 0.508 e. The van der Waals surface area contributed by atoms with E-state index in [-0.39, 0.29) is 191 Å². The van der Waals surface area contributed by atoms with Crippen molar-refractivity contribution in [3.8, 4) is 86.2 Å². The average molecular weight is 1530 g/mol. The molecule has 6 aliphatic rings. The van der Waals surface area contributed by atoms with Gasteiger partial charge in [0.2, 0.25) is 17.3 Å². The molecule has 29 heteroatoms. The summed E-state index contributed by atoms with van der Waals surface area (Å²) >= 11 is 0. The first-order chi connectivity index (χ1) is 54.1. The van der Waals surface area contributed by atoms with E-state index in [9.17, 15) is 134 Å². The van der Waals surface area contributed by atoms with Crippen molar-refractivity contribution in [1.82, 2.24) is 0 Å². The Labute approximate surface area is 637 Å². The van der Waals surface area contributed by atoms with E-state index in [1.807, 2.05) is 0 Å². The summed E-state index contributed by atoms with van der Waals surface area (Å²) in [6.45, 7) is 1.69. The number of carbonyl (C=O) groups excluding carboxylic acids is 12. The van der Waals surface area contributed by atoms with Crippen LogP contribution in [0.25, 0.3) is 0 Å². The molecule has 6 aliphatic carbocycles. The fourth-order valence-corrected chi connectivity index (χ4v) is 13.8. The van der Waals surface area contributed by atoms with Crippen LogP contribution in [-0.2, 0) is 0 Å². The highest BCUT2D eigenvalue weighted by molar-refractivity contribution is 6.36. The van der Waals surface area contributed by atoms with Gasteiger partial charge in [0, 0.05) is 73.1 Å². The van der Waals surface area contributed by atoms with Gasteiger partial charge in [0.25, 0.3) is 0 Å². The fraction of sp³-hybridized carbons (Fsp3) is 0.0118. The summed E-state index contributed by atoms with van der Waals surface area (Å²) in [5.41, 5.74) is 11.2. The number of rotatable bonds is 0. The van der Waals surface area contributed by atoms with Gasteiger partial charge in [-0.1, -0.05) is 72.8 Å². The number of aryl methyl sites for hydroxylation is 1. The van der Waals surface area contributed by atoms with Crippen LogP contribution in [0.4, 0.5) is 11.4 Å². The van der Waals surface area contributed by atoms with Gasteiger partial charge in [0.1, 0.15) is 63.2 Å². The second-order valence-corrected chi connectivity index (χ2v) is 25.8. The van der Waals surface area contributed by atoms with Crippen molar-refractivity contribution in [3.63, 3.8) is 0 Å². The maximum absolute atomic E-state index is 12.5. The lowest BCUT2D eigenvalue weighted by Gasteiger charge is -2.21. The highest BCUT2D eigenvalue weighted by Crippen LogP contribution is 2.47. The summed E-state index contributed by atoms with van der Waals surface area (Å²) in [7, 11) is 0. The predicted molar refractivity (Wildman–Crippen MR) is 397 cm³/mol. The monoisotopic (exact) mass is 1530 g/mol. The Morgan fingerprint density at radius 3 is 0.851 bits per heavy atom. The normalized spacial score (nSPS) is 13.1. The number of phenolic OH excluding ortho intramolecular Hbond substituents is 15. The van der Waals surface area contributed by atoms with Crippen LogP contribution < -0.4 is 11.5 Å². The number of nitrogens with two attached hydrogens (primary N) is 2. The van der Waals surface area contributed by atoms with E-state index in [4.69, 9.17) is 11.5 Å². The van der Waals surface area contributed by atoms with E-state index in [1.165, 1.54) is 121 Å². The van der Waals surface area contributed by atoms with Gasteiger partial charge in [-0.25, -0.2) is 0 Å². The SMILES string of the molecule is Cc1cc(O)c2c(c1)C(=O)c1cc(O)cc(O)c1C2=O.Nc1ccc(O)c2c1C(=O)c1c(N)ccc(O)c1C2=O.O=C1c2ccc(O)c(O)c2C(=O)c2c(O)ccc(O)c21.O=C1c2cccc(O)c2C(=O)c2cccc(O)c21.O=C1c2ccccc2C(=O)c2c(O)ccc(O)c21.O=C1c2ccccc2C(=O)c2c1ccc(O)c2O. The van der Waals surface area contributed by atoms with E-state index >= 15 is 0 Å². The molecule has 0 radical (unpaired) electrons. The molecule has 0 spiro atoms. The molecule has 0 fully saturated rings. The van der Waals surface area contributed by atoms with Gasteiger partial charge in [-0.3, -0.25) is 57.5 Å². The van der Waals surface area contributed by atoms with Crippen molar-refractivity contribution in [3.05, 3.63) is 321 Å². The fourth-order valence-electron chi connectivity index (χ4n) is 13.8. The van der Waals surface area contributed by atoms with Gasteiger partial charge in [-0.2, -0.15) is 0 Å². The van der Waals surface area contributed by atoms with E-state index in [1.54, 1.807) is 37.3 Å². The first-order valence-electron chi connectivity index (χ1n) is 33.3. The molecule has 0 atom stereocenters. The zero-order valence-corrected chi connectivity index (χ0v) is 58.1. The molecule has 564 valence electrons. The standard InChI is InChI=1S/C15H10O5.C14H10N2O4.C14H8O6.3C14H8O4/c1-6-2-8-12(10(17)3-6)15(20)13-9(14(8)19)4-7(16)5-11(13)18;15-5-1-3-7(17)11-9(5)13(19)10-6(16)2-4-8(18)12(10)14(11)20;15-6-3-4-7(16)11-10(6)12(18)5-1-2-8(17)13(19)9(5)14(11)20;15-9-5-1-3-7-11(9)14(18)8-4-2-6-10(16)12(8)13(7)17;15-9-5-6-10(16)12-11(9)13(17)7-3-1-2-4-8(7)14(12)18;15-10-6-5-9-11(14(10)18)13(17)8-4-2-1-3-7(8)12(9)16/h2-5,16-18H,1H3;1-4,17-18H,15-16H2;1-4,15-17,19H;2*1-6,15-16H;1-6,15,18H. The molecule has 12 aromatic carbocycles. The van der Waals surface area contributed by atoms with Gasteiger partial charge in [-0.05, 0) is 116 Å². The highest BCUT2D eigenvalue weighted by Gasteiger charge is 2.42. The summed E-state index contributed by atoms with van der Waals surface area (Å²) in [6.07, 6.45) is 0.